The number of carbonyl (C=O) groups excluding carboxylic acids is 1. The summed E-state index contributed by atoms with van der Waals surface area (Å²) in [5.41, 5.74) is 6.09. The molecule has 1 amide bonds. The van der Waals surface area contributed by atoms with Crippen molar-refractivity contribution in [2.24, 2.45) is 5.73 Å². The van der Waals surface area contributed by atoms with Gasteiger partial charge in [-0.25, -0.2) is 4.68 Å². The Morgan fingerprint density at radius 1 is 1.25 bits per heavy atom. The van der Waals surface area contributed by atoms with E-state index in [9.17, 15) is 35.4 Å². The van der Waals surface area contributed by atoms with Gasteiger partial charge in [0.2, 0.25) is 17.9 Å². The third-order valence-corrected chi connectivity index (χ3v) is 4.53. The summed E-state index contributed by atoms with van der Waals surface area (Å²) in [6.07, 6.45) is -1.18. The normalized spacial score (nSPS) is 25.9. The molecule has 2 aliphatic rings. The molecule has 28 heavy (non-hydrogen) atoms. The number of primary amides is 1. The van der Waals surface area contributed by atoms with Crippen LogP contribution in [0, 0.1) is 11.8 Å². The number of aromatic nitrogens is 3. The van der Waals surface area contributed by atoms with Gasteiger partial charge >= 0.3 is 0 Å². The van der Waals surface area contributed by atoms with Crippen molar-refractivity contribution < 1.29 is 40.2 Å². The van der Waals surface area contributed by atoms with Crippen molar-refractivity contribution in [1.82, 2.24) is 14.8 Å². The van der Waals surface area contributed by atoms with E-state index in [4.69, 9.17) is 10.5 Å². The van der Waals surface area contributed by atoms with Gasteiger partial charge in [-0.1, -0.05) is 12.0 Å². The number of nitrogens with zero attached hydrogens (tertiary/aromatic N) is 3. The van der Waals surface area contributed by atoms with E-state index in [2.05, 4.69) is 21.9 Å². The lowest BCUT2D eigenvalue weighted by atomic mass is 10.0. The van der Waals surface area contributed by atoms with E-state index in [1.54, 1.807) is 0 Å². The van der Waals surface area contributed by atoms with Crippen LogP contribution < -0.4 is 5.73 Å². The van der Waals surface area contributed by atoms with Crippen LogP contribution >= 0.6 is 0 Å². The van der Waals surface area contributed by atoms with Gasteiger partial charge in [0.15, 0.2) is 12.4 Å². The van der Waals surface area contributed by atoms with Crippen molar-refractivity contribution in [3.05, 3.63) is 23.3 Å². The zero-order valence-corrected chi connectivity index (χ0v) is 14.6. The maximum Gasteiger partial charge on any atom is 0.286 e. The molecule has 1 aromatic heterocycles. The minimum atomic E-state index is -3.51. The topological polar surface area (TPSA) is 204 Å². The standard InChI is InChI=1S/C16H20N4O8/c17-11(21)12-18-9(7-6-8-4-2-1-3-5-8)19-20(12)14-16(26,27)15(24,25)10(28-14)13(22)23/h4,10,13-14,22-27H,1-3,5H2,(H2,17,21)/t10-,14-/m1/s1. The lowest BCUT2D eigenvalue weighted by Gasteiger charge is -2.31. The maximum absolute atomic E-state index is 11.7. The molecule has 1 aromatic rings. The predicted molar refractivity (Wildman–Crippen MR) is 88.4 cm³/mol. The summed E-state index contributed by atoms with van der Waals surface area (Å²) in [4.78, 5) is 15.5. The average Bonchev–Trinajstić information content (AvgIpc) is 3.11. The number of amides is 1. The second kappa shape index (κ2) is 7.22. The van der Waals surface area contributed by atoms with E-state index < -0.39 is 41.9 Å². The number of aliphatic hydroxyl groups is 6. The van der Waals surface area contributed by atoms with E-state index in [0.717, 1.165) is 31.3 Å². The second-order valence-corrected chi connectivity index (χ2v) is 6.57. The number of rotatable bonds is 3. The summed E-state index contributed by atoms with van der Waals surface area (Å²) >= 11 is 0. The van der Waals surface area contributed by atoms with Gasteiger partial charge in [-0.3, -0.25) is 4.79 Å². The molecule has 0 radical (unpaired) electrons. The van der Waals surface area contributed by atoms with E-state index in [1.807, 2.05) is 6.08 Å². The van der Waals surface area contributed by atoms with Gasteiger partial charge in [0.05, 0.1) is 0 Å². The lowest BCUT2D eigenvalue weighted by Crippen LogP contribution is -2.60. The molecule has 0 saturated carbocycles. The zero-order chi connectivity index (χ0) is 20.7. The molecule has 3 rings (SSSR count). The molecule has 0 bridgehead atoms. The Labute approximate surface area is 158 Å². The smallest absolute Gasteiger partial charge is 0.286 e. The van der Waals surface area contributed by atoms with E-state index >= 15 is 0 Å². The van der Waals surface area contributed by atoms with Crippen LogP contribution in [0.1, 0.15) is 48.4 Å². The summed E-state index contributed by atoms with van der Waals surface area (Å²) in [6, 6.07) is 0. The SMILES string of the molecule is NC(=O)c1nc(C#CC2=CCCCC2)nn1[C@@H]1O[C@H](C(O)O)C(O)(O)C1(O)O. The Hall–Kier alpha value is -2.37. The Balaban J connectivity index is 2.00. The molecule has 0 aromatic carbocycles. The van der Waals surface area contributed by atoms with Gasteiger partial charge in [-0.15, -0.1) is 5.10 Å². The zero-order valence-electron chi connectivity index (χ0n) is 14.6. The van der Waals surface area contributed by atoms with Crippen LogP contribution in [0.3, 0.4) is 0 Å². The van der Waals surface area contributed by atoms with Gasteiger partial charge in [0.25, 0.3) is 17.5 Å². The number of allylic oxidation sites excluding steroid dienone is 2. The first-order valence-electron chi connectivity index (χ1n) is 8.44. The summed E-state index contributed by atoms with van der Waals surface area (Å²) in [7, 11) is 0. The van der Waals surface area contributed by atoms with E-state index in [1.165, 1.54) is 0 Å². The van der Waals surface area contributed by atoms with Crippen molar-refractivity contribution >= 4 is 5.91 Å². The third-order valence-electron chi connectivity index (χ3n) is 4.53. The number of hydrogen-bond acceptors (Lipinski definition) is 10. The first-order valence-corrected chi connectivity index (χ1v) is 8.44. The molecule has 2 atom stereocenters. The quantitative estimate of drug-likeness (QED) is 0.201. The number of carbonyl (C=O) groups is 1. The number of nitrogens with two attached hydrogens (primary N) is 1. The molecular weight excluding hydrogens is 376 g/mol. The van der Waals surface area contributed by atoms with Gasteiger partial charge in [0.1, 0.15) is 0 Å². The molecule has 8 N–H and O–H groups in total. The van der Waals surface area contributed by atoms with Crippen molar-refractivity contribution in [1.29, 1.82) is 0 Å². The molecule has 0 unspecified atom stereocenters. The monoisotopic (exact) mass is 396 g/mol. The number of ether oxygens (including phenoxy) is 1. The van der Waals surface area contributed by atoms with Crippen molar-refractivity contribution in [3.63, 3.8) is 0 Å². The largest absolute Gasteiger partial charge is 0.366 e. The summed E-state index contributed by atoms with van der Waals surface area (Å²) in [6.45, 7) is 0. The van der Waals surface area contributed by atoms with E-state index in [-0.39, 0.29) is 5.82 Å². The molecule has 0 spiro atoms. The van der Waals surface area contributed by atoms with Crippen LogP contribution in [-0.4, -0.2) is 75.3 Å². The Kier molecular flexibility index (Phi) is 5.26. The lowest BCUT2D eigenvalue weighted by molar-refractivity contribution is -0.363. The summed E-state index contributed by atoms with van der Waals surface area (Å²) in [5.74, 6) is -3.47. The number of hydrogen-bond donors (Lipinski definition) is 7. The van der Waals surface area contributed by atoms with E-state index in [0.29, 0.717) is 4.68 Å². The molecule has 1 saturated heterocycles. The number of aliphatic hydroxyl groups excluding tert-OH is 1. The molecule has 12 heteroatoms. The molecule has 152 valence electrons. The van der Waals surface area contributed by atoms with Crippen LogP contribution in [-0.2, 0) is 4.74 Å². The van der Waals surface area contributed by atoms with Crippen LogP contribution in [0.2, 0.25) is 0 Å². The highest BCUT2D eigenvalue weighted by Crippen LogP contribution is 2.43. The third kappa shape index (κ3) is 3.40. The molecule has 2 heterocycles. The van der Waals surface area contributed by atoms with Crippen molar-refractivity contribution in [3.8, 4) is 11.8 Å². The highest BCUT2D eigenvalue weighted by Gasteiger charge is 2.69. The molecule has 1 fully saturated rings. The Morgan fingerprint density at radius 3 is 2.50 bits per heavy atom. The van der Waals surface area contributed by atoms with Crippen LogP contribution in [0.15, 0.2) is 11.6 Å². The average molecular weight is 396 g/mol. The van der Waals surface area contributed by atoms with Gasteiger partial charge in [0, 0.05) is 0 Å². The van der Waals surface area contributed by atoms with Crippen molar-refractivity contribution in [2.75, 3.05) is 0 Å². The highest BCUT2D eigenvalue weighted by molar-refractivity contribution is 5.89. The Bertz CT molecular complexity index is 864. The first kappa shape index (κ1) is 20.4. The fourth-order valence-electron chi connectivity index (χ4n) is 3.02. The van der Waals surface area contributed by atoms with Crippen LogP contribution in [0.4, 0.5) is 0 Å². The second-order valence-electron chi connectivity index (χ2n) is 6.57. The molecule has 1 aliphatic heterocycles. The summed E-state index contributed by atoms with van der Waals surface area (Å²) < 4.78 is 5.44. The highest BCUT2D eigenvalue weighted by atomic mass is 16.7. The minimum absolute atomic E-state index is 0.200. The fourth-order valence-corrected chi connectivity index (χ4v) is 3.02. The molecule has 1 aliphatic carbocycles. The Morgan fingerprint density at radius 2 is 1.96 bits per heavy atom. The molecule has 12 nitrogen and oxygen atoms in total. The maximum atomic E-state index is 11.7. The van der Waals surface area contributed by atoms with Gasteiger partial charge < -0.3 is 41.1 Å². The van der Waals surface area contributed by atoms with Crippen LogP contribution in [0.25, 0.3) is 0 Å². The first-order chi connectivity index (χ1) is 13.1. The molecular formula is C16H20N4O8. The van der Waals surface area contributed by atoms with Crippen LogP contribution in [0.5, 0.6) is 0 Å². The minimum Gasteiger partial charge on any atom is -0.366 e. The van der Waals surface area contributed by atoms with Gasteiger partial charge in [-0.05, 0) is 37.2 Å². The predicted octanol–water partition coefficient (Wildman–Crippen LogP) is -3.20. The fraction of sp³-hybridized carbons (Fsp3) is 0.562. The summed E-state index contributed by atoms with van der Waals surface area (Å²) in [5, 5.41) is 62.3. The van der Waals surface area contributed by atoms with Crippen molar-refractivity contribution in [2.45, 2.75) is 55.9 Å². The van der Waals surface area contributed by atoms with Gasteiger partial charge in [-0.2, -0.15) is 4.98 Å².